The highest BCUT2D eigenvalue weighted by Crippen LogP contribution is 2.28. The van der Waals surface area contributed by atoms with Gasteiger partial charge in [0, 0.05) is 19.3 Å². The van der Waals surface area contributed by atoms with Crippen LogP contribution in [0.1, 0.15) is 18.5 Å². The normalized spacial score (nSPS) is 17.3. The van der Waals surface area contributed by atoms with Crippen molar-refractivity contribution in [2.24, 2.45) is 0 Å². The van der Waals surface area contributed by atoms with Gasteiger partial charge in [0.2, 0.25) is 10.0 Å². The number of nitrogens with zero attached hydrogens (tertiary/aromatic N) is 2. The molecule has 1 aliphatic rings. The number of aromatic nitrogens is 1. The van der Waals surface area contributed by atoms with E-state index in [1.54, 1.807) is 0 Å². The number of halogens is 4. The van der Waals surface area contributed by atoms with Crippen LogP contribution in [0.25, 0.3) is 0 Å². The minimum absolute atomic E-state index is 0. The molecule has 1 saturated heterocycles. The molecular formula is C12H17ClF3N3O2S. The number of alkyl halides is 3. The molecule has 1 fully saturated rings. The lowest BCUT2D eigenvalue weighted by molar-refractivity contribution is -0.141. The number of sulfonamides is 1. The van der Waals surface area contributed by atoms with E-state index in [0.29, 0.717) is 18.9 Å². The van der Waals surface area contributed by atoms with Crippen LogP contribution in [0.4, 0.5) is 13.2 Å². The average molecular weight is 360 g/mol. The topological polar surface area (TPSA) is 62.3 Å². The molecule has 0 spiro atoms. The molecule has 0 unspecified atom stereocenters. The maximum atomic E-state index is 12.4. The summed E-state index contributed by atoms with van der Waals surface area (Å²) in [7, 11) is -2.38. The molecule has 126 valence electrons. The molecule has 1 aromatic rings. The molecule has 1 N–H and O–H groups in total. The molecule has 1 aliphatic heterocycles. The lowest BCUT2D eigenvalue weighted by Gasteiger charge is -2.30. The largest absolute Gasteiger partial charge is 0.433 e. The van der Waals surface area contributed by atoms with E-state index in [2.05, 4.69) is 10.3 Å². The molecule has 0 amide bonds. The fourth-order valence-corrected chi connectivity index (χ4v) is 3.60. The third kappa shape index (κ3) is 4.09. The molecule has 2 rings (SSSR count). The summed E-state index contributed by atoms with van der Waals surface area (Å²) in [6.07, 6.45) is -2.48. The first-order valence-electron chi connectivity index (χ1n) is 6.45. The number of pyridine rings is 1. The van der Waals surface area contributed by atoms with Gasteiger partial charge < -0.3 is 5.32 Å². The van der Waals surface area contributed by atoms with Crippen molar-refractivity contribution in [3.8, 4) is 0 Å². The molecule has 0 saturated carbocycles. The molecule has 0 radical (unpaired) electrons. The second kappa shape index (κ2) is 7.12. The van der Waals surface area contributed by atoms with E-state index in [4.69, 9.17) is 0 Å². The zero-order valence-electron chi connectivity index (χ0n) is 11.8. The Hall–Kier alpha value is -0.900. The lowest BCUT2D eigenvalue weighted by atomic mass is 10.1. The van der Waals surface area contributed by atoms with Crippen molar-refractivity contribution in [1.29, 1.82) is 0 Å². The van der Waals surface area contributed by atoms with E-state index in [1.807, 2.05) is 0 Å². The van der Waals surface area contributed by atoms with Gasteiger partial charge in [0.05, 0.1) is 0 Å². The predicted molar refractivity (Wildman–Crippen MR) is 77.3 cm³/mol. The zero-order valence-corrected chi connectivity index (χ0v) is 13.4. The molecule has 5 nitrogen and oxygen atoms in total. The quantitative estimate of drug-likeness (QED) is 0.895. The van der Waals surface area contributed by atoms with Gasteiger partial charge >= 0.3 is 6.18 Å². The van der Waals surface area contributed by atoms with Crippen LogP contribution in [0.3, 0.4) is 0 Å². The highest BCUT2D eigenvalue weighted by atomic mass is 35.5. The first-order valence-corrected chi connectivity index (χ1v) is 7.89. The molecule has 0 atom stereocenters. The Morgan fingerprint density at radius 3 is 2.32 bits per heavy atom. The number of rotatable bonds is 3. The van der Waals surface area contributed by atoms with E-state index in [9.17, 15) is 21.6 Å². The first-order chi connectivity index (χ1) is 9.73. The third-order valence-corrected chi connectivity index (χ3v) is 5.42. The summed E-state index contributed by atoms with van der Waals surface area (Å²) >= 11 is 0. The van der Waals surface area contributed by atoms with Gasteiger partial charge in [-0.05, 0) is 38.1 Å². The smallest absolute Gasteiger partial charge is 0.317 e. The number of hydrogen-bond donors (Lipinski definition) is 1. The first kappa shape index (κ1) is 19.1. The van der Waals surface area contributed by atoms with Crippen LogP contribution in [0.5, 0.6) is 0 Å². The second-order valence-electron chi connectivity index (χ2n) is 4.88. The van der Waals surface area contributed by atoms with Gasteiger partial charge in [-0.2, -0.15) is 17.5 Å². The third-order valence-electron chi connectivity index (χ3n) is 3.53. The summed E-state index contributed by atoms with van der Waals surface area (Å²) in [4.78, 5) is 2.98. The van der Waals surface area contributed by atoms with E-state index < -0.39 is 21.9 Å². The fourth-order valence-electron chi connectivity index (χ4n) is 2.23. The number of nitrogens with one attached hydrogen (secondary N) is 1. The van der Waals surface area contributed by atoms with Gasteiger partial charge in [0.1, 0.15) is 10.6 Å². The molecule has 10 heteroatoms. The van der Waals surface area contributed by atoms with Crippen LogP contribution >= 0.6 is 12.4 Å². The summed E-state index contributed by atoms with van der Waals surface area (Å²) in [5.41, 5.74) is -1.11. The van der Waals surface area contributed by atoms with Crippen molar-refractivity contribution >= 4 is 22.4 Å². The van der Waals surface area contributed by atoms with Gasteiger partial charge in [-0.3, -0.25) is 4.98 Å². The van der Waals surface area contributed by atoms with Crippen LogP contribution in [-0.4, -0.2) is 43.9 Å². The standard InChI is InChI=1S/C12H16F3N3O2S.ClH/c1-18(9-4-6-16-7-5-9)21(19,20)10-2-3-11(17-8-10)12(13,14)15;/h2-3,8-9,16H,4-7H2,1H3;1H. The Balaban J connectivity index is 0.00000242. The summed E-state index contributed by atoms with van der Waals surface area (Å²) in [6.45, 7) is 1.44. The van der Waals surface area contributed by atoms with Crippen molar-refractivity contribution in [3.63, 3.8) is 0 Å². The van der Waals surface area contributed by atoms with E-state index in [1.165, 1.54) is 11.4 Å². The second-order valence-corrected chi connectivity index (χ2v) is 6.88. The minimum Gasteiger partial charge on any atom is -0.317 e. The predicted octanol–water partition coefficient (Wildman–Crippen LogP) is 1.89. The molecule has 0 aliphatic carbocycles. The molecule has 2 heterocycles. The zero-order chi connectivity index (χ0) is 15.7. The Morgan fingerprint density at radius 1 is 1.27 bits per heavy atom. The molecule has 1 aromatic heterocycles. The Labute approximate surface area is 133 Å². The fraction of sp³-hybridized carbons (Fsp3) is 0.583. The van der Waals surface area contributed by atoms with Crippen LogP contribution < -0.4 is 5.32 Å². The van der Waals surface area contributed by atoms with Crippen molar-refractivity contribution in [1.82, 2.24) is 14.6 Å². The number of hydrogen-bond acceptors (Lipinski definition) is 4. The van der Waals surface area contributed by atoms with Gasteiger partial charge in [0.15, 0.2) is 0 Å². The van der Waals surface area contributed by atoms with Crippen LogP contribution in [0, 0.1) is 0 Å². The highest BCUT2D eigenvalue weighted by molar-refractivity contribution is 7.89. The number of piperidine rings is 1. The average Bonchev–Trinajstić information content (AvgIpc) is 2.46. The van der Waals surface area contributed by atoms with Gasteiger partial charge in [-0.1, -0.05) is 0 Å². The minimum atomic E-state index is -4.58. The Morgan fingerprint density at radius 2 is 1.86 bits per heavy atom. The van der Waals surface area contributed by atoms with Crippen molar-refractivity contribution < 1.29 is 21.6 Å². The molecular weight excluding hydrogens is 343 g/mol. The maximum Gasteiger partial charge on any atom is 0.433 e. The van der Waals surface area contributed by atoms with Crippen molar-refractivity contribution in [2.75, 3.05) is 20.1 Å². The summed E-state index contributed by atoms with van der Waals surface area (Å²) in [6, 6.07) is 1.48. The van der Waals surface area contributed by atoms with E-state index in [0.717, 1.165) is 25.4 Å². The summed E-state index contributed by atoms with van der Waals surface area (Å²) in [5.74, 6) is 0. The maximum absolute atomic E-state index is 12.4. The van der Waals surface area contributed by atoms with E-state index in [-0.39, 0.29) is 23.3 Å². The highest BCUT2D eigenvalue weighted by Gasteiger charge is 2.34. The van der Waals surface area contributed by atoms with Gasteiger partial charge in [-0.15, -0.1) is 12.4 Å². The van der Waals surface area contributed by atoms with Crippen LogP contribution in [-0.2, 0) is 16.2 Å². The molecule has 0 aromatic carbocycles. The van der Waals surface area contributed by atoms with Gasteiger partial charge in [-0.25, -0.2) is 8.42 Å². The lowest BCUT2D eigenvalue weighted by Crippen LogP contribution is -2.43. The molecule has 22 heavy (non-hydrogen) atoms. The van der Waals surface area contributed by atoms with Crippen molar-refractivity contribution in [3.05, 3.63) is 24.0 Å². The Bertz CT molecular complexity index is 587. The Kier molecular flexibility index (Phi) is 6.19. The van der Waals surface area contributed by atoms with Crippen LogP contribution in [0.15, 0.2) is 23.2 Å². The SMILES string of the molecule is CN(C1CCNCC1)S(=O)(=O)c1ccc(C(F)(F)F)nc1.Cl. The van der Waals surface area contributed by atoms with Crippen molar-refractivity contribution in [2.45, 2.75) is 30.0 Å². The summed E-state index contributed by atoms with van der Waals surface area (Å²) in [5, 5.41) is 3.13. The van der Waals surface area contributed by atoms with Gasteiger partial charge in [0.25, 0.3) is 0 Å². The molecule has 0 bridgehead atoms. The summed E-state index contributed by atoms with van der Waals surface area (Å²) < 4.78 is 63.3. The van der Waals surface area contributed by atoms with Crippen LogP contribution in [0.2, 0.25) is 0 Å². The monoisotopic (exact) mass is 359 g/mol. The van der Waals surface area contributed by atoms with E-state index >= 15 is 0 Å².